The highest BCUT2D eigenvalue weighted by atomic mass is 16.5. The lowest BCUT2D eigenvalue weighted by Crippen LogP contribution is -2.54. The van der Waals surface area contributed by atoms with E-state index in [0.717, 1.165) is 65.1 Å². The third-order valence-corrected chi connectivity index (χ3v) is 15.0. The molecule has 1 nitrogen and oxygen atoms in total. The minimum Gasteiger partial charge on any atom is -0.370 e. The first-order chi connectivity index (χ1) is 21.3. The van der Waals surface area contributed by atoms with Crippen molar-refractivity contribution in [1.82, 2.24) is 0 Å². The van der Waals surface area contributed by atoms with E-state index >= 15 is 0 Å². The van der Waals surface area contributed by atoms with Gasteiger partial charge in [-0.05, 0) is 149 Å². The molecule has 0 N–H and O–H groups in total. The van der Waals surface area contributed by atoms with Gasteiger partial charge in [-0.1, -0.05) is 85.3 Å². The predicted octanol–water partition coefficient (Wildman–Crippen LogP) is 10.4. The summed E-state index contributed by atoms with van der Waals surface area (Å²) in [6.07, 6.45) is 49.9. The van der Waals surface area contributed by atoms with Crippen molar-refractivity contribution in [3.63, 3.8) is 0 Å². The van der Waals surface area contributed by atoms with Crippen LogP contribution in [-0.2, 0) is 4.74 Å². The fourth-order valence-corrected chi connectivity index (χ4v) is 13.4. The summed E-state index contributed by atoms with van der Waals surface area (Å²) in [7, 11) is 0. The van der Waals surface area contributed by atoms with Gasteiger partial charge >= 0.3 is 0 Å². The maximum absolute atomic E-state index is 6.82. The van der Waals surface area contributed by atoms with Gasteiger partial charge in [0.2, 0.25) is 0 Å². The molecule has 1 heterocycles. The van der Waals surface area contributed by atoms with Crippen LogP contribution < -0.4 is 0 Å². The fourth-order valence-electron chi connectivity index (χ4n) is 13.4. The van der Waals surface area contributed by atoms with Gasteiger partial charge in [0.15, 0.2) is 0 Å². The second-order valence-electron chi connectivity index (χ2n) is 16.6. The molecular formula is C42H56O. The normalized spacial score (nSPS) is 51.5. The van der Waals surface area contributed by atoms with Crippen LogP contribution in [0.1, 0.15) is 96.3 Å². The Balaban J connectivity index is 1.06. The molecule has 15 atom stereocenters. The van der Waals surface area contributed by atoms with E-state index in [4.69, 9.17) is 4.74 Å². The van der Waals surface area contributed by atoms with E-state index < -0.39 is 0 Å². The first-order valence-corrected chi connectivity index (χ1v) is 19.0. The molecule has 8 aliphatic carbocycles. The average Bonchev–Trinajstić information content (AvgIpc) is 3.46. The Labute approximate surface area is 262 Å². The fraction of sp³-hybridized carbons (Fsp3) is 0.714. The monoisotopic (exact) mass is 576 g/mol. The van der Waals surface area contributed by atoms with Gasteiger partial charge < -0.3 is 4.74 Å². The van der Waals surface area contributed by atoms with Crippen LogP contribution in [0, 0.1) is 76.9 Å². The number of ether oxygens (including phenoxy) is 1. The Kier molecular flexibility index (Phi) is 7.50. The van der Waals surface area contributed by atoms with Crippen LogP contribution in [0.4, 0.5) is 0 Å². The number of hydrogen-bond acceptors (Lipinski definition) is 1. The van der Waals surface area contributed by atoms with Gasteiger partial charge in [-0.15, -0.1) is 0 Å². The van der Waals surface area contributed by atoms with Crippen molar-refractivity contribution in [2.45, 2.75) is 109 Å². The molecule has 230 valence electrons. The maximum atomic E-state index is 6.82. The lowest BCUT2D eigenvalue weighted by Gasteiger charge is -2.60. The van der Waals surface area contributed by atoms with Gasteiger partial charge in [0.1, 0.15) is 0 Å². The molecule has 0 aromatic rings. The van der Waals surface area contributed by atoms with Gasteiger partial charge in [0.25, 0.3) is 0 Å². The number of rotatable bonds is 3. The summed E-state index contributed by atoms with van der Waals surface area (Å²) in [5.41, 5.74) is 1.94. The van der Waals surface area contributed by atoms with Gasteiger partial charge in [-0.3, -0.25) is 0 Å². The second kappa shape index (κ2) is 11.6. The van der Waals surface area contributed by atoms with Crippen molar-refractivity contribution in [2.24, 2.45) is 76.9 Å². The zero-order chi connectivity index (χ0) is 28.3. The van der Waals surface area contributed by atoms with Crippen LogP contribution in [0.5, 0.6) is 0 Å². The molecule has 0 spiro atoms. The minimum atomic E-state index is 0.369. The summed E-state index contributed by atoms with van der Waals surface area (Å²) in [5.74, 6) is 11.0. The largest absolute Gasteiger partial charge is 0.370 e. The second-order valence-corrected chi connectivity index (χ2v) is 16.6. The van der Waals surface area contributed by atoms with Crippen molar-refractivity contribution in [1.29, 1.82) is 0 Å². The minimum absolute atomic E-state index is 0.369. The lowest BCUT2D eigenvalue weighted by molar-refractivity contribution is -0.0785. The maximum Gasteiger partial charge on any atom is 0.0797 e. The molecule has 0 aromatic heterocycles. The van der Waals surface area contributed by atoms with Crippen molar-refractivity contribution in [2.75, 3.05) is 0 Å². The molecule has 3 saturated carbocycles. The Morgan fingerprint density at radius 3 is 2.35 bits per heavy atom. The molecular weight excluding hydrogens is 520 g/mol. The first-order valence-electron chi connectivity index (χ1n) is 19.0. The van der Waals surface area contributed by atoms with Crippen molar-refractivity contribution < 1.29 is 4.74 Å². The lowest BCUT2D eigenvalue weighted by atomic mass is 9.45. The van der Waals surface area contributed by atoms with E-state index in [0.29, 0.717) is 24.0 Å². The Bertz CT molecular complexity index is 1210. The van der Waals surface area contributed by atoms with Crippen molar-refractivity contribution >= 4 is 0 Å². The average molecular weight is 577 g/mol. The SMILES string of the molecule is C1=CCC(C2CCC3CCC=CC3C2)C(C2C3CC=CCC3C(C3CC=CC4OC5CCC=CC5C43)C3CCCCC32)=C1. The Morgan fingerprint density at radius 1 is 0.581 bits per heavy atom. The number of hydrogen-bond donors (Lipinski definition) is 0. The van der Waals surface area contributed by atoms with Crippen LogP contribution in [-0.4, -0.2) is 12.2 Å². The summed E-state index contributed by atoms with van der Waals surface area (Å²) < 4.78 is 6.82. The highest BCUT2D eigenvalue weighted by Crippen LogP contribution is 2.63. The Morgan fingerprint density at radius 2 is 1.40 bits per heavy atom. The summed E-state index contributed by atoms with van der Waals surface area (Å²) in [6, 6.07) is 0. The van der Waals surface area contributed by atoms with Crippen LogP contribution >= 0.6 is 0 Å². The molecule has 9 aliphatic rings. The third-order valence-electron chi connectivity index (χ3n) is 15.0. The summed E-state index contributed by atoms with van der Waals surface area (Å²) in [6.45, 7) is 0. The molecule has 9 rings (SSSR count). The summed E-state index contributed by atoms with van der Waals surface area (Å²) >= 11 is 0. The standard InChI is InChI=1S/C42H56O/c1-2-13-28-26-29(25-24-27(28)12-1)30-14-3-4-15-31(30)40-32-16-5-7-18-34(32)41(35-19-8-6-17-33(35)40)37-21-11-23-39-42(37)36-20-9-10-22-38(36)43-39/h2-5,7,9,11,13,15,20,23,27-30,32-42H,1,6,8,10,12,14,16-19,21-22,24-26H2. The molecule has 4 fully saturated rings. The van der Waals surface area contributed by atoms with E-state index in [-0.39, 0.29) is 0 Å². The molecule has 1 saturated heterocycles. The van der Waals surface area contributed by atoms with Crippen LogP contribution in [0.15, 0.2) is 72.4 Å². The van der Waals surface area contributed by atoms with Gasteiger partial charge in [0, 0.05) is 11.8 Å². The van der Waals surface area contributed by atoms with Gasteiger partial charge in [-0.25, -0.2) is 0 Å². The van der Waals surface area contributed by atoms with Gasteiger partial charge in [0.05, 0.1) is 12.2 Å². The molecule has 0 bridgehead atoms. The molecule has 0 radical (unpaired) electrons. The van der Waals surface area contributed by atoms with E-state index in [2.05, 4.69) is 66.8 Å². The number of fused-ring (bicyclic) bond motifs is 6. The highest BCUT2D eigenvalue weighted by molar-refractivity contribution is 5.29. The van der Waals surface area contributed by atoms with E-state index in [1.54, 1.807) is 0 Å². The zero-order valence-electron chi connectivity index (χ0n) is 26.5. The highest BCUT2D eigenvalue weighted by Gasteiger charge is 2.58. The van der Waals surface area contributed by atoms with E-state index in [1.807, 2.05) is 5.57 Å². The zero-order valence-corrected chi connectivity index (χ0v) is 26.5. The molecule has 15 unspecified atom stereocenters. The predicted molar refractivity (Wildman–Crippen MR) is 177 cm³/mol. The smallest absolute Gasteiger partial charge is 0.0797 e. The quantitative estimate of drug-likeness (QED) is 0.304. The molecule has 1 heteroatoms. The summed E-state index contributed by atoms with van der Waals surface area (Å²) in [4.78, 5) is 0. The molecule has 0 aromatic carbocycles. The van der Waals surface area contributed by atoms with Gasteiger partial charge in [-0.2, -0.15) is 0 Å². The Hall–Kier alpha value is -1.60. The topological polar surface area (TPSA) is 9.23 Å². The number of allylic oxidation sites excluding steroid dienone is 10. The van der Waals surface area contributed by atoms with Crippen molar-refractivity contribution in [3.05, 3.63) is 72.4 Å². The first kappa shape index (κ1) is 27.7. The van der Waals surface area contributed by atoms with Crippen LogP contribution in [0.25, 0.3) is 0 Å². The van der Waals surface area contributed by atoms with E-state index in [1.165, 1.54) is 96.3 Å². The van der Waals surface area contributed by atoms with E-state index in [9.17, 15) is 0 Å². The summed E-state index contributed by atoms with van der Waals surface area (Å²) in [5, 5.41) is 0. The molecule has 43 heavy (non-hydrogen) atoms. The molecule has 1 aliphatic heterocycles. The van der Waals surface area contributed by atoms with Crippen LogP contribution in [0.3, 0.4) is 0 Å². The third kappa shape index (κ3) is 4.72. The van der Waals surface area contributed by atoms with Crippen LogP contribution in [0.2, 0.25) is 0 Å². The van der Waals surface area contributed by atoms with Crippen molar-refractivity contribution in [3.8, 4) is 0 Å². The molecule has 0 amide bonds.